The predicted octanol–water partition coefficient (Wildman–Crippen LogP) is 16.8. The van der Waals surface area contributed by atoms with Crippen molar-refractivity contribution in [2.45, 2.75) is 78.1 Å². The molecule has 9 aromatic carbocycles. The van der Waals surface area contributed by atoms with Gasteiger partial charge in [0.15, 0.2) is 0 Å². The van der Waals surface area contributed by atoms with Crippen LogP contribution in [0.3, 0.4) is 0 Å². The van der Waals surface area contributed by atoms with Gasteiger partial charge in [-0.3, -0.25) is 0 Å². The molecule has 0 aliphatic rings. The molecule has 2 radical (unpaired) electrons. The van der Waals surface area contributed by atoms with Gasteiger partial charge in [-0.15, -0.1) is 68.6 Å². The van der Waals surface area contributed by atoms with Gasteiger partial charge in [-0.1, -0.05) is 218 Å². The molecule has 0 saturated carbocycles. The fourth-order valence-electron chi connectivity index (χ4n) is 9.07. The molecule has 0 bridgehead atoms. The Morgan fingerprint density at radius 3 is 1.31 bits per heavy atom. The minimum atomic E-state index is -0.303. The van der Waals surface area contributed by atoms with Crippen LogP contribution in [0.1, 0.15) is 86.1 Å². The summed E-state index contributed by atoms with van der Waals surface area (Å²) in [4.78, 5) is 0. The minimum absolute atomic E-state index is 0. The number of aryl methyl sites for hydroxylation is 2. The van der Waals surface area contributed by atoms with Crippen LogP contribution < -0.4 is 0 Å². The van der Waals surface area contributed by atoms with Crippen LogP contribution in [0.2, 0.25) is 0 Å². The van der Waals surface area contributed by atoms with E-state index in [4.69, 9.17) is 0 Å². The molecule has 0 unspecified atom stereocenters. The van der Waals surface area contributed by atoms with Crippen molar-refractivity contribution < 1.29 is 23.3 Å². The third-order valence-electron chi connectivity index (χ3n) is 12.5. The Hall–Kier alpha value is -5.14. The summed E-state index contributed by atoms with van der Waals surface area (Å²) in [5.74, 6) is 0. The summed E-state index contributed by atoms with van der Waals surface area (Å²) in [5, 5.41) is 5.37. The molecule has 0 saturated heterocycles. The van der Waals surface area contributed by atoms with E-state index in [9.17, 15) is 0 Å². The molecule has 9 aromatic rings. The molecule has 0 amide bonds. The standard InChI is InChI=1S/C39H35.C21H23.2CH3.Si.Zr/c1-38(2,3)32-24-22-30(23-25-32)36-21-13-14-31-26-29(27-37(31)36)28-39(33-15-7-4-8-16-33,34-17-9-5-10-18-34)35-19-11-6-12-20-35;1-14-12-19-15(2)6-11-18(20(19)13-14)16-7-9-17(10-8-16)21(3,4)5;;;;/h4-27H,28H2,1-3H3;6-13H,1-5H3;2*1H3;;/q4*-1;;. The zero-order valence-corrected chi connectivity index (χ0v) is 43.1. The molecule has 0 spiro atoms. The van der Waals surface area contributed by atoms with E-state index in [0.717, 1.165) is 6.42 Å². The number of benzene rings is 7. The normalized spacial score (nSPS) is 11.4. The third-order valence-corrected chi connectivity index (χ3v) is 12.5. The molecule has 0 fully saturated rings. The second-order valence-corrected chi connectivity index (χ2v) is 18.8. The van der Waals surface area contributed by atoms with Crippen molar-refractivity contribution in [3.05, 3.63) is 253 Å². The molecule has 0 atom stereocenters. The Kier molecular flexibility index (Phi) is 16.5. The Morgan fingerprint density at radius 2 is 0.875 bits per heavy atom. The van der Waals surface area contributed by atoms with Crippen LogP contribution in [0.15, 0.2) is 194 Å². The predicted molar refractivity (Wildman–Crippen MR) is 278 cm³/mol. The zero-order chi connectivity index (χ0) is 44.1. The molecular formula is C62H64SiZr-4. The average Bonchev–Trinajstić information content (AvgIpc) is 3.90. The van der Waals surface area contributed by atoms with E-state index in [1.807, 2.05) is 0 Å². The zero-order valence-electron chi connectivity index (χ0n) is 39.7. The number of hydrogen-bond donors (Lipinski definition) is 0. The van der Waals surface area contributed by atoms with Crippen molar-refractivity contribution in [3.8, 4) is 22.3 Å². The molecule has 0 aliphatic heterocycles. The van der Waals surface area contributed by atoms with Crippen LogP contribution in [-0.4, -0.2) is 6.88 Å². The van der Waals surface area contributed by atoms with Gasteiger partial charge in [-0.05, 0) is 56.2 Å². The number of fused-ring (bicyclic) bond motifs is 2. The topological polar surface area (TPSA) is 0 Å². The summed E-state index contributed by atoms with van der Waals surface area (Å²) >= 11 is 1.36. The van der Waals surface area contributed by atoms with Crippen molar-refractivity contribution in [2.24, 2.45) is 0 Å². The summed E-state index contributed by atoms with van der Waals surface area (Å²) < 4.78 is 0. The van der Waals surface area contributed by atoms with Crippen LogP contribution in [0, 0.1) is 28.7 Å². The summed E-state index contributed by atoms with van der Waals surface area (Å²) in [5.41, 5.74) is 16.0. The Bertz CT molecular complexity index is 2750. The molecule has 324 valence electrons. The Balaban J connectivity index is 0.000000262. The average molecular weight is 929 g/mol. The molecule has 0 aromatic heterocycles. The monoisotopic (exact) mass is 926 g/mol. The molecular weight excluding hydrogens is 864 g/mol. The quantitative estimate of drug-likeness (QED) is 0.0849. The van der Waals surface area contributed by atoms with E-state index in [-0.39, 0.29) is 31.1 Å². The van der Waals surface area contributed by atoms with E-state index in [1.165, 1.54) is 112 Å². The second-order valence-electron chi connectivity index (χ2n) is 18.8. The first-order valence-electron chi connectivity index (χ1n) is 21.8. The maximum absolute atomic E-state index is 3.06. The molecule has 2 heteroatoms. The van der Waals surface area contributed by atoms with Crippen molar-refractivity contribution in [1.29, 1.82) is 0 Å². The SMILES string of the molecule is CC(C)(C)c1ccc(-c2cccc3[cH-]c(CC(c4ccccc4)(c4ccccc4)c4ccccc4)cc23)cc1.Cc1cc2c(-c3ccc(C(C)(C)C)cc3)ccc(C)c2[cH-]1.[CH3-].[CH3-].[Si]=[Zr]. The molecule has 0 N–H and O–H groups in total. The number of hydrogen-bond acceptors (Lipinski definition) is 0. The summed E-state index contributed by atoms with van der Waals surface area (Å²) in [6.07, 6.45) is 0.877. The van der Waals surface area contributed by atoms with E-state index in [2.05, 4.69) is 256 Å². The van der Waals surface area contributed by atoms with Crippen LogP contribution in [0.4, 0.5) is 0 Å². The molecule has 0 heterocycles. The van der Waals surface area contributed by atoms with Crippen molar-refractivity contribution in [2.75, 3.05) is 0 Å². The van der Waals surface area contributed by atoms with Gasteiger partial charge in [0, 0.05) is 5.41 Å². The van der Waals surface area contributed by atoms with Gasteiger partial charge in [0.25, 0.3) is 0 Å². The first-order chi connectivity index (χ1) is 29.8. The summed E-state index contributed by atoms with van der Waals surface area (Å²) in [7, 11) is 0. The van der Waals surface area contributed by atoms with E-state index < -0.39 is 0 Å². The van der Waals surface area contributed by atoms with Gasteiger partial charge in [-0.25, -0.2) is 0 Å². The van der Waals surface area contributed by atoms with Crippen LogP contribution in [-0.2, 0) is 46.0 Å². The Labute approximate surface area is 402 Å². The van der Waals surface area contributed by atoms with Gasteiger partial charge in [0.05, 0.1) is 0 Å². The Morgan fingerprint density at radius 1 is 0.438 bits per heavy atom. The first-order valence-corrected chi connectivity index (χ1v) is 26.0. The van der Waals surface area contributed by atoms with Gasteiger partial charge in [0.1, 0.15) is 0 Å². The van der Waals surface area contributed by atoms with Crippen LogP contribution in [0.5, 0.6) is 0 Å². The van der Waals surface area contributed by atoms with E-state index >= 15 is 0 Å². The first kappa shape index (κ1) is 49.9. The fraction of sp³-hybridized carbons (Fsp3) is 0.194. The number of rotatable bonds is 7. The molecule has 64 heavy (non-hydrogen) atoms. The van der Waals surface area contributed by atoms with Gasteiger partial charge in [0.2, 0.25) is 0 Å². The summed E-state index contributed by atoms with van der Waals surface area (Å²) in [6.45, 7) is 21.0. The summed E-state index contributed by atoms with van der Waals surface area (Å²) in [6, 6.07) is 71.8. The van der Waals surface area contributed by atoms with Gasteiger partial charge >= 0.3 is 30.2 Å². The fourth-order valence-corrected chi connectivity index (χ4v) is 9.07. The maximum atomic E-state index is 3.06. The van der Waals surface area contributed by atoms with Crippen LogP contribution in [0.25, 0.3) is 43.8 Å². The molecule has 9 rings (SSSR count). The van der Waals surface area contributed by atoms with E-state index in [0.29, 0.717) is 0 Å². The van der Waals surface area contributed by atoms with Crippen molar-refractivity contribution in [1.82, 2.24) is 0 Å². The van der Waals surface area contributed by atoms with Crippen molar-refractivity contribution >= 4 is 28.4 Å². The molecule has 0 aliphatic carbocycles. The second kappa shape index (κ2) is 21.2. The van der Waals surface area contributed by atoms with Gasteiger partial charge < -0.3 is 14.9 Å². The molecule has 0 nitrogen and oxygen atoms in total. The van der Waals surface area contributed by atoms with E-state index in [1.54, 1.807) is 0 Å². The van der Waals surface area contributed by atoms with Crippen LogP contribution >= 0.6 is 0 Å². The van der Waals surface area contributed by atoms with Gasteiger partial charge in [-0.2, -0.15) is 12.1 Å². The van der Waals surface area contributed by atoms with Crippen molar-refractivity contribution in [3.63, 3.8) is 0 Å². The third kappa shape index (κ3) is 10.7.